The van der Waals surface area contributed by atoms with Crippen LogP contribution >= 0.6 is 0 Å². The van der Waals surface area contributed by atoms with Crippen LogP contribution in [0.15, 0.2) is 59.6 Å². The summed E-state index contributed by atoms with van der Waals surface area (Å²) >= 11 is 0. The molecule has 88 valence electrons. The van der Waals surface area contributed by atoms with Crippen LogP contribution < -0.4 is 0 Å². The second-order valence-corrected chi connectivity index (χ2v) is 4.45. The van der Waals surface area contributed by atoms with E-state index in [1.54, 1.807) is 0 Å². The second-order valence-electron chi connectivity index (χ2n) is 4.45. The average Bonchev–Trinajstić information content (AvgIpc) is 2.57. The van der Waals surface area contributed by atoms with Crippen molar-refractivity contribution in [1.82, 2.24) is 0 Å². The summed E-state index contributed by atoms with van der Waals surface area (Å²) in [4.78, 5) is 16.6. The highest BCUT2D eigenvalue weighted by Gasteiger charge is 2.16. The lowest BCUT2D eigenvalue weighted by molar-refractivity contribution is -0.117. The molecule has 1 heterocycles. The molecule has 0 saturated heterocycles. The molecule has 1 aliphatic heterocycles. The SMILES string of the molecule is O=C1CC(c2ccccc2)=Nc2ccccc2C1. The predicted octanol–water partition coefficient (Wildman–Crippen LogP) is 3.32. The minimum Gasteiger partial charge on any atom is -0.299 e. The number of nitrogens with zero attached hydrogens (tertiary/aromatic N) is 1. The van der Waals surface area contributed by atoms with Gasteiger partial charge in [-0.05, 0) is 17.2 Å². The summed E-state index contributed by atoms with van der Waals surface area (Å²) in [6.07, 6.45) is 0.898. The summed E-state index contributed by atoms with van der Waals surface area (Å²) in [5, 5.41) is 0. The zero-order valence-electron chi connectivity index (χ0n) is 9.97. The van der Waals surface area contributed by atoms with Gasteiger partial charge in [-0.2, -0.15) is 0 Å². The normalized spacial score (nSPS) is 14.7. The average molecular weight is 235 g/mol. The molecule has 0 radical (unpaired) electrons. The lowest BCUT2D eigenvalue weighted by Gasteiger charge is -2.03. The van der Waals surface area contributed by atoms with Gasteiger partial charge in [0.25, 0.3) is 0 Å². The minimum absolute atomic E-state index is 0.225. The molecule has 0 saturated carbocycles. The first kappa shape index (κ1) is 10.9. The molecule has 0 spiro atoms. The standard InChI is InChI=1S/C16H13NO/c18-14-10-13-8-4-5-9-15(13)17-16(11-14)12-6-2-1-3-7-12/h1-9H,10-11H2. The molecule has 2 heteroatoms. The number of para-hydroxylation sites is 1. The van der Waals surface area contributed by atoms with E-state index in [-0.39, 0.29) is 5.78 Å². The van der Waals surface area contributed by atoms with Crippen LogP contribution in [0.4, 0.5) is 5.69 Å². The summed E-state index contributed by atoms with van der Waals surface area (Å²) in [7, 11) is 0. The van der Waals surface area contributed by atoms with Gasteiger partial charge < -0.3 is 0 Å². The minimum atomic E-state index is 0.225. The monoisotopic (exact) mass is 235 g/mol. The van der Waals surface area contributed by atoms with Crippen molar-refractivity contribution in [1.29, 1.82) is 0 Å². The number of fused-ring (bicyclic) bond motifs is 1. The van der Waals surface area contributed by atoms with Crippen LogP contribution in [0.25, 0.3) is 0 Å². The quantitative estimate of drug-likeness (QED) is 0.745. The van der Waals surface area contributed by atoms with Crippen LogP contribution in [0, 0.1) is 0 Å². The Kier molecular flexibility index (Phi) is 2.77. The number of rotatable bonds is 1. The molecule has 0 fully saturated rings. The fourth-order valence-corrected chi connectivity index (χ4v) is 2.21. The van der Waals surface area contributed by atoms with E-state index in [9.17, 15) is 4.79 Å². The third kappa shape index (κ3) is 2.09. The Morgan fingerprint density at radius 3 is 2.39 bits per heavy atom. The van der Waals surface area contributed by atoms with Gasteiger partial charge in [-0.1, -0.05) is 48.5 Å². The van der Waals surface area contributed by atoms with Crippen molar-refractivity contribution in [2.24, 2.45) is 4.99 Å². The van der Waals surface area contributed by atoms with Crippen LogP contribution in [0.1, 0.15) is 17.5 Å². The first-order valence-corrected chi connectivity index (χ1v) is 6.05. The third-order valence-electron chi connectivity index (χ3n) is 3.11. The predicted molar refractivity (Wildman–Crippen MR) is 72.4 cm³/mol. The largest absolute Gasteiger partial charge is 0.299 e. The fraction of sp³-hybridized carbons (Fsp3) is 0.125. The Morgan fingerprint density at radius 2 is 1.56 bits per heavy atom. The molecule has 18 heavy (non-hydrogen) atoms. The van der Waals surface area contributed by atoms with Crippen molar-refractivity contribution in [3.05, 3.63) is 65.7 Å². The smallest absolute Gasteiger partial charge is 0.143 e. The highest BCUT2D eigenvalue weighted by molar-refractivity contribution is 6.13. The van der Waals surface area contributed by atoms with Crippen LogP contribution in [-0.2, 0) is 11.2 Å². The first-order chi connectivity index (χ1) is 8.83. The zero-order valence-corrected chi connectivity index (χ0v) is 9.97. The van der Waals surface area contributed by atoms with Gasteiger partial charge in [0.1, 0.15) is 5.78 Å². The summed E-state index contributed by atoms with van der Waals surface area (Å²) in [6, 6.07) is 17.8. The summed E-state index contributed by atoms with van der Waals surface area (Å²) < 4.78 is 0. The van der Waals surface area contributed by atoms with Crippen molar-refractivity contribution < 1.29 is 4.79 Å². The second kappa shape index (κ2) is 4.57. The topological polar surface area (TPSA) is 29.4 Å². The van der Waals surface area contributed by atoms with Gasteiger partial charge in [-0.15, -0.1) is 0 Å². The maximum absolute atomic E-state index is 11.9. The Bertz CT molecular complexity index is 614. The molecular formula is C16H13NO. The van der Waals surface area contributed by atoms with Gasteiger partial charge in [-0.3, -0.25) is 9.79 Å². The lowest BCUT2D eigenvalue weighted by atomic mass is 10.0. The van der Waals surface area contributed by atoms with E-state index in [2.05, 4.69) is 4.99 Å². The number of aliphatic imine (C=N–C) groups is 1. The molecule has 0 N–H and O–H groups in total. The number of Topliss-reactive ketones (excluding diaryl/α,β-unsaturated/α-hetero) is 1. The zero-order chi connectivity index (χ0) is 12.4. The van der Waals surface area contributed by atoms with E-state index >= 15 is 0 Å². The van der Waals surface area contributed by atoms with Gasteiger partial charge in [0.05, 0.1) is 11.4 Å². The summed E-state index contributed by atoms with van der Waals surface area (Å²) in [5.41, 5.74) is 3.84. The van der Waals surface area contributed by atoms with Gasteiger partial charge in [0.15, 0.2) is 0 Å². The highest BCUT2D eigenvalue weighted by Crippen LogP contribution is 2.25. The third-order valence-corrected chi connectivity index (χ3v) is 3.11. The van der Waals surface area contributed by atoms with E-state index in [0.29, 0.717) is 12.8 Å². The van der Waals surface area contributed by atoms with Gasteiger partial charge >= 0.3 is 0 Å². The number of ketones is 1. The van der Waals surface area contributed by atoms with E-state index in [4.69, 9.17) is 0 Å². The summed E-state index contributed by atoms with van der Waals surface area (Å²) in [6.45, 7) is 0. The van der Waals surface area contributed by atoms with Crippen LogP contribution in [-0.4, -0.2) is 11.5 Å². The number of benzene rings is 2. The maximum atomic E-state index is 11.9. The molecule has 0 amide bonds. The van der Waals surface area contributed by atoms with E-state index in [1.165, 1.54) is 0 Å². The Labute approximate surface area is 106 Å². The molecule has 0 atom stereocenters. The molecule has 0 aliphatic carbocycles. The Balaban J connectivity index is 2.11. The van der Waals surface area contributed by atoms with E-state index in [1.807, 2.05) is 54.6 Å². The molecular weight excluding hydrogens is 222 g/mol. The van der Waals surface area contributed by atoms with Crippen molar-refractivity contribution in [2.45, 2.75) is 12.8 Å². The van der Waals surface area contributed by atoms with Crippen LogP contribution in [0.2, 0.25) is 0 Å². The highest BCUT2D eigenvalue weighted by atomic mass is 16.1. The number of carbonyl (C=O) groups is 1. The number of hydrogen-bond acceptors (Lipinski definition) is 2. The Hall–Kier alpha value is -2.22. The maximum Gasteiger partial charge on any atom is 0.143 e. The van der Waals surface area contributed by atoms with Gasteiger partial charge in [-0.25, -0.2) is 0 Å². The first-order valence-electron chi connectivity index (χ1n) is 6.05. The van der Waals surface area contributed by atoms with Crippen molar-refractivity contribution in [2.75, 3.05) is 0 Å². The van der Waals surface area contributed by atoms with Gasteiger partial charge in [0.2, 0.25) is 0 Å². The van der Waals surface area contributed by atoms with E-state index in [0.717, 1.165) is 22.5 Å². The lowest BCUT2D eigenvalue weighted by Crippen LogP contribution is -2.08. The van der Waals surface area contributed by atoms with Crippen molar-refractivity contribution in [3.63, 3.8) is 0 Å². The Morgan fingerprint density at radius 1 is 0.833 bits per heavy atom. The number of carbonyl (C=O) groups excluding carboxylic acids is 1. The van der Waals surface area contributed by atoms with Crippen molar-refractivity contribution >= 4 is 17.2 Å². The van der Waals surface area contributed by atoms with Crippen LogP contribution in [0.5, 0.6) is 0 Å². The summed E-state index contributed by atoms with van der Waals surface area (Å²) in [5.74, 6) is 0.225. The van der Waals surface area contributed by atoms with Crippen LogP contribution in [0.3, 0.4) is 0 Å². The molecule has 3 rings (SSSR count). The molecule has 2 nitrogen and oxygen atoms in total. The molecule has 2 aromatic rings. The number of hydrogen-bond donors (Lipinski definition) is 0. The van der Waals surface area contributed by atoms with Crippen molar-refractivity contribution in [3.8, 4) is 0 Å². The molecule has 0 unspecified atom stereocenters. The molecule has 0 bridgehead atoms. The van der Waals surface area contributed by atoms with E-state index < -0.39 is 0 Å². The molecule has 0 aromatic heterocycles. The fourth-order valence-electron chi connectivity index (χ4n) is 2.21. The molecule has 2 aromatic carbocycles. The molecule has 1 aliphatic rings. The van der Waals surface area contributed by atoms with Gasteiger partial charge in [0, 0.05) is 12.8 Å².